The molecule has 1 unspecified atom stereocenters. The average Bonchev–Trinajstić information content (AvgIpc) is 2.47. The maximum atomic E-state index is 6.26. The third kappa shape index (κ3) is 4.39. The smallest absolute Gasteiger partial charge is 0.0386 e. The second-order valence-electron chi connectivity index (χ2n) is 5.21. The molecule has 20 heavy (non-hydrogen) atoms. The maximum absolute atomic E-state index is 6.26. The molecular weight excluding hydrogens is 262 g/mol. The fraction of sp³-hybridized carbons (Fsp3) is 0.333. The largest absolute Gasteiger partial charge is 0.323 e. The Morgan fingerprint density at radius 1 is 1.05 bits per heavy atom. The topological polar surface area (TPSA) is 26.0 Å². The normalized spacial score (nSPS) is 12.3. The van der Waals surface area contributed by atoms with Gasteiger partial charge in [0.2, 0.25) is 0 Å². The van der Waals surface area contributed by atoms with Crippen LogP contribution in [0, 0.1) is 6.92 Å². The van der Waals surface area contributed by atoms with Gasteiger partial charge in [-0.1, -0.05) is 61.0 Å². The Hall–Kier alpha value is -1.25. The predicted octanol–water partition coefficient (Wildman–Crippen LogP) is 4.49. The summed E-state index contributed by atoms with van der Waals surface area (Å²) in [4.78, 5) is 0. The third-order valence-corrected chi connectivity index (χ3v) is 4.60. The molecule has 0 fully saturated rings. The summed E-state index contributed by atoms with van der Waals surface area (Å²) in [5.74, 6) is 1.99. The number of rotatable bonds is 6. The van der Waals surface area contributed by atoms with E-state index < -0.39 is 0 Å². The van der Waals surface area contributed by atoms with Gasteiger partial charge in [0.15, 0.2) is 0 Å². The van der Waals surface area contributed by atoms with Crippen LogP contribution in [0.3, 0.4) is 0 Å². The lowest BCUT2D eigenvalue weighted by Gasteiger charge is -2.12. The minimum Gasteiger partial charge on any atom is -0.323 e. The Morgan fingerprint density at radius 3 is 2.45 bits per heavy atom. The van der Waals surface area contributed by atoms with Gasteiger partial charge >= 0.3 is 0 Å². The molecule has 0 amide bonds. The van der Waals surface area contributed by atoms with Crippen LogP contribution in [0.2, 0.25) is 0 Å². The third-order valence-electron chi connectivity index (χ3n) is 3.46. The van der Waals surface area contributed by atoms with E-state index in [0.717, 1.165) is 17.9 Å². The molecule has 0 aliphatic heterocycles. The van der Waals surface area contributed by atoms with Crippen molar-refractivity contribution in [2.24, 2.45) is 5.73 Å². The molecule has 0 aromatic heterocycles. The zero-order valence-corrected chi connectivity index (χ0v) is 13.1. The van der Waals surface area contributed by atoms with Crippen LogP contribution in [-0.4, -0.2) is 5.75 Å². The molecule has 0 saturated heterocycles. The van der Waals surface area contributed by atoms with Crippen LogP contribution in [0.15, 0.2) is 48.5 Å². The van der Waals surface area contributed by atoms with Gasteiger partial charge in [-0.2, -0.15) is 11.8 Å². The molecule has 2 heteroatoms. The van der Waals surface area contributed by atoms with Crippen molar-refractivity contribution in [3.8, 4) is 0 Å². The van der Waals surface area contributed by atoms with Crippen LogP contribution < -0.4 is 5.73 Å². The molecule has 0 saturated carbocycles. The van der Waals surface area contributed by atoms with E-state index in [1.54, 1.807) is 0 Å². The first-order chi connectivity index (χ1) is 9.69. The van der Waals surface area contributed by atoms with E-state index in [-0.39, 0.29) is 6.04 Å². The molecule has 2 N–H and O–H groups in total. The molecule has 106 valence electrons. The first-order valence-electron chi connectivity index (χ1n) is 7.16. The standard InChI is InChI=1S/C18H23NS/c1-3-15-7-9-17(10-8-15)18(19)13-20-12-16-6-4-5-14(2)11-16/h4-11,18H,3,12-13,19H2,1-2H3. The van der Waals surface area contributed by atoms with Crippen molar-refractivity contribution in [1.29, 1.82) is 0 Å². The van der Waals surface area contributed by atoms with E-state index in [1.807, 2.05) is 11.8 Å². The predicted molar refractivity (Wildman–Crippen MR) is 90.1 cm³/mol. The van der Waals surface area contributed by atoms with Crippen molar-refractivity contribution in [3.05, 3.63) is 70.8 Å². The molecule has 0 aliphatic carbocycles. The minimum absolute atomic E-state index is 0.121. The zero-order chi connectivity index (χ0) is 14.4. The maximum Gasteiger partial charge on any atom is 0.0386 e. The van der Waals surface area contributed by atoms with E-state index in [9.17, 15) is 0 Å². The number of hydrogen-bond acceptors (Lipinski definition) is 2. The Morgan fingerprint density at radius 2 is 1.80 bits per heavy atom. The first kappa shape index (κ1) is 15.1. The fourth-order valence-corrected chi connectivity index (χ4v) is 3.18. The van der Waals surface area contributed by atoms with Crippen LogP contribution in [0.1, 0.15) is 35.2 Å². The highest BCUT2D eigenvalue weighted by Crippen LogP contribution is 2.20. The Bertz CT molecular complexity index is 533. The molecule has 1 nitrogen and oxygen atoms in total. The number of benzene rings is 2. The molecule has 2 aromatic carbocycles. The van der Waals surface area contributed by atoms with Crippen molar-refractivity contribution in [2.75, 3.05) is 5.75 Å². The van der Waals surface area contributed by atoms with E-state index in [2.05, 4.69) is 62.4 Å². The van der Waals surface area contributed by atoms with Gasteiger partial charge in [-0.3, -0.25) is 0 Å². The summed E-state index contributed by atoms with van der Waals surface area (Å²) >= 11 is 1.90. The van der Waals surface area contributed by atoms with E-state index in [1.165, 1.54) is 22.3 Å². The summed E-state index contributed by atoms with van der Waals surface area (Å²) in [7, 11) is 0. The average molecular weight is 285 g/mol. The van der Waals surface area contributed by atoms with E-state index in [0.29, 0.717) is 0 Å². The van der Waals surface area contributed by atoms with Crippen LogP contribution in [0.4, 0.5) is 0 Å². The number of nitrogens with two attached hydrogens (primary N) is 1. The van der Waals surface area contributed by atoms with Gasteiger partial charge in [0, 0.05) is 17.5 Å². The van der Waals surface area contributed by atoms with Gasteiger partial charge in [-0.05, 0) is 30.0 Å². The lowest BCUT2D eigenvalue weighted by atomic mass is 10.1. The Labute approximate surface area is 126 Å². The molecular formula is C18H23NS. The second-order valence-corrected chi connectivity index (χ2v) is 6.24. The number of thioether (sulfide) groups is 1. The lowest BCUT2D eigenvalue weighted by molar-refractivity contribution is 0.830. The van der Waals surface area contributed by atoms with E-state index >= 15 is 0 Å². The first-order valence-corrected chi connectivity index (χ1v) is 8.32. The lowest BCUT2D eigenvalue weighted by Crippen LogP contribution is -2.13. The van der Waals surface area contributed by atoms with Crippen molar-refractivity contribution in [1.82, 2.24) is 0 Å². The monoisotopic (exact) mass is 285 g/mol. The molecule has 0 radical (unpaired) electrons. The van der Waals surface area contributed by atoms with Crippen LogP contribution in [0.5, 0.6) is 0 Å². The summed E-state index contributed by atoms with van der Waals surface area (Å²) in [6, 6.07) is 17.5. The highest BCUT2D eigenvalue weighted by atomic mass is 32.2. The van der Waals surface area contributed by atoms with Crippen LogP contribution >= 0.6 is 11.8 Å². The summed E-state index contributed by atoms with van der Waals surface area (Å²) in [6.07, 6.45) is 1.08. The van der Waals surface area contributed by atoms with Crippen molar-refractivity contribution in [3.63, 3.8) is 0 Å². The van der Waals surface area contributed by atoms with Gasteiger partial charge in [-0.15, -0.1) is 0 Å². The molecule has 1 atom stereocenters. The van der Waals surface area contributed by atoms with Gasteiger partial charge in [0.1, 0.15) is 0 Å². The highest BCUT2D eigenvalue weighted by molar-refractivity contribution is 7.98. The minimum atomic E-state index is 0.121. The summed E-state index contributed by atoms with van der Waals surface area (Å²) in [5, 5.41) is 0. The molecule has 0 bridgehead atoms. The second kappa shape index (κ2) is 7.51. The van der Waals surface area contributed by atoms with Crippen molar-refractivity contribution in [2.45, 2.75) is 32.1 Å². The summed E-state index contributed by atoms with van der Waals surface area (Å²) < 4.78 is 0. The summed E-state index contributed by atoms with van der Waals surface area (Å²) in [6.45, 7) is 4.31. The quantitative estimate of drug-likeness (QED) is 0.846. The van der Waals surface area contributed by atoms with Gasteiger partial charge in [0.25, 0.3) is 0 Å². The molecule has 0 spiro atoms. The summed E-state index contributed by atoms with van der Waals surface area (Å²) in [5.41, 5.74) is 11.6. The Kier molecular flexibility index (Phi) is 5.69. The van der Waals surface area contributed by atoms with Crippen molar-refractivity contribution < 1.29 is 0 Å². The van der Waals surface area contributed by atoms with Crippen molar-refractivity contribution >= 4 is 11.8 Å². The number of hydrogen-bond donors (Lipinski definition) is 1. The van der Waals surface area contributed by atoms with Gasteiger partial charge in [0.05, 0.1) is 0 Å². The molecule has 2 rings (SSSR count). The SMILES string of the molecule is CCc1ccc(C(N)CSCc2cccc(C)c2)cc1. The van der Waals surface area contributed by atoms with Crippen LogP contribution in [-0.2, 0) is 12.2 Å². The zero-order valence-electron chi connectivity index (χ0n) is 12.3. The molecule has 0 aliphatic rings. The van der Waals surface area contributed by atoms with Gasteiger partial charge in [-0.25, -0.2) is 0 Å². The Balaban J connectivity index is 1.83. The van der Waals surface area contributed by atoms with Gasteiger partial charge < -0.3 is 5.73 Å². The van der Waals surface area contributed by atoms with Crippen LogP contribution in [0.25, 0.3) is 0 Å². The number of aryl methyl sites for hydroxylation is 2. The molecule has 2 aromatic rings. The fourth-order valence-electron chi connectivity index (χ4n) is 2.20. The molecule has 0 heterocycles. The van der Waals surface area contributed by atoms with E-state index in [4.69, 9.17) is 5.73 Å². The highest BCUT2D eigenvalue weighted by Gasteiger charge is 2.06.